The standard InChI is InChI=1S/C38H25ClN2O/c39-32-22-21-30(36-31-14-5-6-18-35(31)42-37(32)36)34-17-8-16-33(29-15-7-12-25-10-3-4-13-28(25)29)40-38(41-34)27-20-19-24-9-1-2-11-26(24)23-27/h1-7,9-16,18-23H,8,17H2/b33-16-,40-38-,41-34+. The van der Waals surface area contributed by atoms with E-state index in [0.29, 0.717) is 16.4 Å². The number of rotatable bonds is 3. The molecule has 0 saturated carbocycles. The molecule has 1 aliphatic rings. The number of fused-ring (bicyclic) bond motifs is 5. The van der Waals surface area contributed by atoms with Gasteiger partial charge >= 0.3 is 0 Å². The lowest BCUT2D eigenvalue weighted by atomic mass is 9.97. The summed E-state index contributed by atoms with van der Waals surface area (Å²) in [6.07, 6.45) is 3.79. The SMILES string of the molecule is Clc1ccc(/C2=N/C(c3ccc4ccccc4c3)=N\C(c3cccc4ccccc34)=C/CC2)c2c1oc1ccccc12. The average Bonchev–Trinajstić information content (AvgIpc) is 3.42. The van der Waals surface area contributed by atoms with E-state index in [9.17, 15) is 0 Å². The number of aliphatic imine (C=N–C) groups is 2. The molecule has 0 radical (unpaired) electrons. The zero-order chi connectivity index (χ0) is 28.0. The zero-order valence-electron chi connectivity index (χ0n) is 22.7. The molecule has 0 saturated heterocycles. The third kappa shape index (κ3) is 4.22. The van der Waals surface area contributed by atoms with Crippen LogP contribution in [0.2, 0.25) is 5.02 Å². The monoisotopic (exact) mass is 560 g/mol. The summed E-state index contributed by atoms with van der Waals surface area (Å²) in [7, 11) is 0. The van der Waals surface area contributed by atoms with Gasteiger partial charge in [-0.15, -0.1) is 0 Å². The van der Waals surface area contributed by atoms with Gasteiger partial charge in [-0.3, -0.25) is 0 Å². The minimum Gasteiger partial charge on any atom is -0.454 e. The first-order valence-electron chi connectivity index (χ1n) is 14.2. The summed E-state index contributed by atoms with van der Waals surface area (Å²) >= 11 is 6.65. The number of benzene rings is 6. The molecule has 0 amide bonds. The molecule has 4 heteroatoms. The Kier molecular flexibility index (Phi) is 5.98. The van der Waals surface area contributed by atoms with Crippen LogP contribution < -0.4 is 0 Å². The molecule has 8 rings (SSSR count). The lowest BCUT2D eigenvalue weighted by molar-refractivity contribution is 0.669. The van der Waals surface area contributed by atoms with Crippen molar-refractivity contribution in [1.29, 1.82) is 0 Å². The summed E-state index contributed by atoms with van der Waals surface area (Å²) in [6.45, 7) is 0. The Morgan fingerprint density at radius 2 is 1.38 bits per heavy atom. The van der Waals surface area contributed by atoms with Gasteiger partial charge in [-0.25, -0.2) is 9.98 Å². The lowest BCUT2D eigenvalue weighted by Crippen LogP contribution is -2.10. The second-order valence-electron chi connectivity index (χ2n) is 10.6. The minimum absolute atomic E-state index is 0.595. The van der Waals surface area contributed by atoms with Gasteiger partial charge in [0.1, 0.15) is 5.58 Å². The normalized spacial score (nSPS) is 17.8. The van der Waals surface area contributed by atoms with E-state index in [-0.39, 0.29) is 0 Å². The van der Waals surface area contributed by atoms with Gasteiger partial charge in [0.25, 0.3) is 0 Å². The Morgan fingerprint density at radius 1 is 0.619 bits per heavy atom. The fourth-order valence-electron chi connectivity index (χ4n) is 6.02. The van der Waals surface area contributed by atoms with Crippen molar-refractivity contribution in [1.82, 2.24) is 0 Å². The topological polar surface area (TPSA) is 37.9 Å². The van der Waals surface area contributed by atoms with Crippen molar-refractivity contribution in [2.24, 2.45) is 9.98 Å². The molecule has 1 aromatic heterocycles. The van der Waals surface area contributed by atoms with E-state index in [2.05, 4.69) is 103 Å². The van der Waals surface area contributed by atoms with Crippen molar-refractivity contribution in [3.05, 3.63) is 149 Å². The Labute approximate surface area is 248 Å². The van der Waals surface area contributed by atoms with Crippen LogP contribution >= 0.6 is 11.6 Å². The van der Waals surface area contributed by atoms with E-state index >= 15 is 0 Å². The smallest absolute Gasteiger partial charge is 0.160 e. The number of furan rings is 1. The Hall–Kier alpha value is -4.99. The van der Waals surface area contributed by atoms with Crippen LogP contribution in [0, 0.1) is 0 Å². The minimum atomic E-state index is 0.595. The number of amidine groups is 1. The number of hydrogen-bond acceptors (Lipinski definition) is 3. The predicted octanol–water partition coefficient (Wildman–Crippen LogP) is 10.6. The van der Waals surface area contributed by atoms with Gasteiger partial charge < -0.3 is 4.42 Å². The van der Waals surface area contributed by atoms with E-state index in [1.807, 2.05) is 24.3 Å². The second-order valence-corrected chi connectivity index (χ2v) is 11.0. The highest BCUT2D eigenvalue weighted by molar-refractivity contribution is 6.37. The molecule has 0 bridgehead atoms. The summed E-state index contributed by atoms with van der Waals surface area (Å²) in [5.74, 6) is 0.686. The molecule has 1 aliphatic heterocycles. The number of para-hydroxylation sites is 1. The Balaban J connectivity index is 1.37. The van der Waals surface area contributed by atoms with Gasteiger partial charge in [0, 0.05) is 27.5 Å². The van der Waals surface area contributed by atoms with Crippen LogP contribution in [0.15, 0.2) is 142 Å². The molecule has 0 spiro atoms. The van der Waals surface area contributed by atoms with Crippen LogP contribution in [0.1, 0.15) is 29.5 Å². The highest BCUT2D eigenvalue weighted by Gasteiger charge is 2.20. The number of halogens is 1. The van der Waals surface area contributed by atoms with Gasteiger partial charge in [-0.2, -0.15) is 0 Å². The molecule has 200 valence electrons. The maximum atomic E-state index is 6.65. The third-order valence-electron chi connectivity index (χ3n) is 8.05. The molecule has 42 heavy (non-hydrogen) atoms. The predicted molar refractivity (Wildman–Crippen MR) is 177 cm³/mol. The maximum absolute atomic E-state index is 6.65. The number of hydrogen-bond donors (Lipinski definition) is 0. The van der Waals surface area contributed by atoms with E-state index in [4.69, 9.17) is 26.0 Å². The van der Waals surface area contributed by atoms with E-state index in [1.54, 1.807) is 0 Å². The van der Waals surface area contributed by atoms with Crippen molar-refractivity contribution in [3.63, 3.8) is 0 Å². The first-order valence-corrected chi connectivity index (χ1v) is 14.5. The van der Waals surface area contributed by atoms with Crippen LogP contribution in [0.4, 0.5) is 0 Å². The molecule has 2 heterocycles. The van der Waals surface area contributed by atoms with Gasteiger partial charge in [0.15, 0.2) is 11.4 Å². The van der Waals surface area contributed by atoms with Crippen LogP contribution in [0.25, 0.3) is 49.2 Å². The van der Waals surface area contributed by atoms with Crippen LogP contribution in [-0.2, 0) is 0 Å². The molecule has 0 N–H and O–H groups in total. The van der Waals surface area contributed by atoms with Crippen LogP contribution in [0.5, 0.6) is 0 Å². The summed E-state index contributed by atoms with van der Waals surface area (Å²) in [6, 6.07) is 41.8. The summed E-state index contributed by atoms with van der Waals surface area (Å²) in [4.78, 5) is 10.6. The molecule has 7 aromatic rings. The summed E-state index contributed by atoms with van der Waals surface area (Å²) in [5, 5.41) is 7.34. The molecule has 0 unspecified atom stereocenters. The largest absolute Gasteiger partial charge is 0.454 e. The fraction of sp³-hybridized carbons (Fsp3) is 0.0526. The van der Waals surface area contributed by atoms with Gasteiger partial charge in [0.05, 0.1) is 16.4 Å². The highest BCUT2D eigenvalue weighted by Crippen LogP contribution is 2.37. The van der Waals surface area contributed by atoms with Crippen molar-refractivity contribution in [2.75, 3.05) is 0 Å². The van der Waals surface area contributed by atoms with Crippen molar-refractivity contribution < 1.29 is 4.42 Å². The molecular formula is C38H25ClN2O. The first-order chi connectivity index (χ1) is 20.7. The van der Waals surface area contributed by atoms with Crippen molar-refractivity contribution in [2.45, 2.75) is 12.8 Å². The third-order valence-corrected chi connectivity index (χ3v) is 8.35. The molecule has 0 fully saturated rings. The second kappa shape index (κ2) is 10.1. The van der Waals surface area contributed by atoms with Crippen molar-refractivity contribution >= 4 is 72.3 Å². The Bertz CT molecular complexity index is 2270. The molecular weight excluding hydrogens is 536 g/mol. The quantitative estimate of drug-likeness (QED) is 0.212. The van der Waals surface area contributed by atoms with E-state index in [0.717, 1.165) is 62.7 Å². The molecule has 6 aromatic carbocycles. The van der Waals surface area contributed by atoms with Gasteiger partial charge in [-0.05, 0) is 52.6 Å². The first kappa shape index (κ1) is 24.8. The van der Waals surface area contributed by atoms with Crippen LogP contribution in [-0.4, -0.2) is 11.5 Å². The zero-order valence-corrected chi connectivity index (χ0v) is 23.5. The number of nitrogens with zero attached hydrogens (tertiary/aromatic N) is 2. The average molecular weight is 561 g/mol. The molecule has 0 aliphatic carbocycles. The van der Waals surface area contributed by atoms with Crippen molar-refractivity contribution in [3.8, 4) is 0 Å². The molecule has 3 nitrogen and oxygen atoms in total. The summed E-state index contributed by atoms with van der Waals surface area (Å²) < 4.78 is 6.22. The fourth-order valence-corrected chi connectivity index (χ4v) is 6.22. The maximum Gasteiger partial charge on any atom is 0.160 e. The molecule has 0 atom stereocenters. The van der Waals surface area contributed by atoms with Gasteiger partial charge in [-0.1, -0.05) is 121 Å². The highest BCUT2D eigenvalue weighted by atomic mass is 35.5. The van der Waals surface area contributed by atoms with E-state index in [1.165, 1.54) is 16.2 Å². The summed E-state index contributed by atoms with van der Waals surface area (Å²) in [5.41, 5.74) is 6.51. The Morgan fingerprint density at radius 3 is 2.29 bits per heavy atom. The lowest BCUT2D eigenvalue weighted by Gasteiger charge is -2.15. The van der Waals surface area contributed by atoms with Crippen LogP contribution in [0.3, 0.4) is 0 Å². The van der Waals surface area contributed by atoms with Gasteiger partial charge in [0.2, 0.25) is 0 Å². The number of allylic oxidation sites excluding steroid dienone is 1. The van der Waals surface area contributed by atoms with E-state index < -0.39 is 0 Å².